The topological polar surface area (TPSA) is 45.7 Å². The fourth-order valence-electron chi connectivity index (χ4n) is 3.46. The van der Waals surface area contributed by atoms with Crippen molar-refractivity contribution < 1.29 is 9.53 Å². The summed E-state index contributed by atoms with van der Waals surface area (Å²) in [5.74, 6) is 1.09. The first-order valence-corrected chi connectivity index (χ1v) is 11.9. The van der Waals surface area contributed by atoms with Crippen LogP contribution in [0.5, 0.6) is 5.75 Å². The van der Waals surface area contributed by atoms with E-state index in [4.69, 9.17) is 9.72 Å². The molecule has 3 aromatic rings. The van der Waals surface area contributed by atoms with Gasteiger partial charge in [-0.25, -0.2) is 4.98 Å². The molecule has 29 heavy (non-hydrogen) atoms. The second-order valence-electron chi connectivity index (χ2n) is 6.95. The van der Waals surface area contributed by atoms with Crippen molar-refractivity contribution in [1.82, 2.24) is 9.88 Å². The van der Waals surface area contributed by atoms with E-state index < -0.39 is 0 Å². The lowest BCUT2D eigenvalue weighted by Crippen LogP contribution is -2.49. The molecule has 1 aromatic heterocycles. The third kappa shape index (κ3) is 4.67. The Morgan fingerprint density at radius 3 is 2.59 bits per heavy atom. The van der Waals surface area contributed by atoms with Gasteiger partial charge in [-0.2, -0.15) is 0 Å². The monoisotopic (exact) mass is 427 g/mol. The number of carbonyl (C=O) groups excluding carboxylic acids is 1. The summed E-state index contributed by atoms with van der Waals surface area (Å²) in [5, 5.41) is 1.02. The minimum Gasteiger partial charge on any atom is -0.494 e. The Hall–Kier alpha value is -2.25. The molecule has 152 valence electrons. The van der Waals surface area contributed by atoms with Crippen LogP contribution in [0.15, 0.2) is 47.4 Å². The minimum absolute atomic E-state index is 0.201. The lowest BCUT2D eigenvalue weighted by molar-refractivity contribution is -0.130. The summed E-state index contributed by atoms with van der Waals surface area (Å²) in [5.41, 5.74) is 2.08. The van der Waals surface area contributed by atoms with E-state index in [1.54, 1.807) is 23.1 Å². The van der Waals surface area contributed by atoms with Gasteiger partial charge in [0.25, 0.3) is 0 Å². The maximum atomic E-state index is 12.7. The first kappa shape index (κ1) is 20.0. The van der Waals surface area contributed by atoms with E-state index in [2.05, 4.69) is 41.5 Å². The quantitative estimate of drug-likeness (QED) is 0.549. The fraction of sp³-hybridized carbons (Fsp3) is 0.364. The highest BCUT2D eigenvalue weighted by molar-refractivity contribution is 7.98. The number of amides is 1. The van der Waals surface area contributed by atoms with Crippen molar-refractivity contribution in [1.29, 1.82) is 0 Å². The Labute approximate surface area is 179 Å². The third-order valence-electron chi connectivity index (χ3n) is 5.08. The van der Waals surface area contributed by atoms with Gasteiger partial charge in [0.1, 0.15) is 5.75 Å². The molecule has 1 fully saturated rings. The van der Waals surface area contributed by atoms with Gasteiger partial charge in [-0.05, 0) is 49.1 Å². The van der Waals surface area contributed by atoms with Crippen LogP contribution in [0.25, 0.3) is 10.2 Å². The summed E-state index contributed by atoms with van der Waals surface area (Å²) in [6.45, 7) is 5.76. The summed E-state index contributed by atoms with van der Waals surface area (Å²) in [6.07, 6.45) is 2.53. The summed E-state index contributed by atoms with van der Waals surface area (Å²) in [6, 6.07) is 14.3. The van der Waals surface area contributed by atoms with Crippen LogP contribution in [0, 0.1) is 0 Å². The van der Waals surface area contributed by atoms with Crippen molar-refractivity contribution in [3.63, 3.8) is 0 Å². The lowest BCUT2D eigenvalue weighted by Gasteiger charge is -2.34. The van der Waals surface area contributed by atoms with Crippen molar-refractivity contribution in [2.24, 2.45) is 0 Å². The third-order valence-corrected chi connectivity index (χ3v) is 6.90. The van der Waals surface area contributed by atoms with Crippen molar-refractivity contribution >= 4 is 44.4 Å². The molecule has 1 aliphatic heterocycles. The van der Waals surface area contributed by atoms with E-state index in [9.17, 15) is 4.79 Å². The average Bonchev–Trinajstić information content (AvgIpc) is 3.18. The first-order chi connectivity index (χ1) is 14.2. The van der Waals surface area contributed by atoms with Gasteiger partial charge in [0.05, 0.1) is 23.2 Å². The molecule has 0 spiro atoms. The largest absolute Gasteiger partial charge is 0.494 e. The van der Waals surface area contributed by atoms with Crippen LogP contribution in [0.2, 0.25) is 0 Å². The van der Waals surface area contributed by atoms with Gasteiger partial charge >= 0.3 is 0 Å². The van der Waals surface area contributed by atoms with Gasteiger partial charge in [0.2, 0.25) is 5.91 Å². The predicted molar refractivity (Wildman–Crippen MR) is 122 cm³/mol. The normalized spacial score (nSPS) is 14.4. The average molecular weight is 428 g/mol. The summed E-state index contributed by atoms with van der Waals surface area (Å²) in [4.78, 5) is 22.9. The SMILES string of the molecule is CCOc1ccc2nc(N3CCN(C(=O)Cc4ccc(SC)cc4)CC3)sc2c1. The molecule has 4 rings (SSSR count). The van der Waals surface area contributed by atoms with E-state index in [-0.39, 0.29) is 5.91 Å². The van der Waals surface area contributed by atoms with Crippen molar-refractivity contribution in [3.8, 4) is 5.75 Å². The molecule has 0 atom stereocenters. The van der Waals surface area contributed by atoms with Gasteiger partial charge in [0, 0.05) is 31.1 Å². The number of hydrogen-bond acceptors (Lipinski definition) is 6. The smallest absolute Gasteiger partial charge is 0.227 e. The van der Waals surface area contributed by atoms with E-state index >= 15 is 0 Å². The number of fused-ring (bicyclic) bond motifs is 1. The van der Waals surface area contributed by atoms with Crippen LogP contribution in [0.1, 0.15) is 12.5 Å². The van der Waals surface area contributed by atoms with Crippen molar-refractivity contribution in [2.45, 2.75) is 18.2 Å². The standard InChI is InChI=1S/C22H25N3O2S2/c1-3-27-17-6-9-19-20(15-17)29-22(23-19)25-12-10-24(11-13-25)21(26)14-16-4-7-18(28-2)8-5-16/h4-9,15H,3,10-14H2,1-2H3. The number of piperazine rings is 1. The zero-order chi connectivity index (χ0) is 20.2. The second kappa shape index (κ2) is 9.05. The maximum absolute atomic E-state index is 12.7. The molecule has 5 nitrogen and oxygen atoms in total. The lowest BCUT2D eigenvalue weighted by atomic mass is 10.1. The number of benzene rings is 2. The number of nitrogens with zero attached hydrogens (tertiary/aromatic N) is 3. The van der Waals surface area contributed by atoms with Crippen LogP contribution in [-0.2, 0) is 11.2 Å². The zero-order valence-corrected chi connectivity index (χ0v) is 18.4. The predicted octanol–water partition coefficient (Wildman–Crippen LogP) is 4.31. The molecule has 0 unspecified atom stereocenters. The highest BCUT2D eigenvalue weighted by Crippen LogP contribution is 2.32. The number of rotatable bonds is 6. The number of hydrogen-bond donors (Lipinski definition) is 0. The number of thioether (sulfide) groups is 1. The molecule has 0 saturated carbocycles. The van der Waals surface area contributed by atoms with Crippen molar-refractivity contribution in [3.05, 3.63) is 48.0 Å². The minimum atomic E-state index is 0.201. The van der Waals surface area contributed by atoms with E-state index in [0.717, 1.165) is 52.8 Å². The van der Waals surface area contributed by atoms with E-state index in [1.807, 2.05) is 24.0 Å². The number of aromatic nitrogens is 1. The molecule has 0 bridgehead atoms. The Balaban J connectivity index is 1.36. The van der Waals surface area contributed by atoms with Gasteiger partial charge in [-0.1, -0.05) is 23.5 Å². The number of ether oxygens (including phenoxy) is 1. The molecule has 0 radical (unpaired) electrons. The highest BCUT2D eigenvalue weighted by Gasteiger charge is 2.23. The molecule has 7 heteroatoms. The van der Waals surface area contributed by atoms with Gasteiger partial charge in [-0.15, -0.1) is 11.8 Å². The molecular weight excluding hydrogens is 402 g/mol. The summed E-state index contributed by atoms with van der Waals surface area (Å²) < 4.78 is 6.73. The molecule has 0 N–H and O–H groups in total. The van der Waals surface area contributed by atoms with Crippen LogP contribution in [-0.4, -0.2) is 54.8 Å². The molecule has 1 amide bonds. The van der Waals surface area contributed by atoms with Crippen LogP contribution in [0.4, 0.5) is 5.13 Å². The van der Waals surface area contributed by atoms with Crippen LogP contribution < -0.4 is 9.64 Å². The molecule has 1 aliphatic rings. The highest BCUT2D eigenvalue weighted by atomic mass is 32.2. The zero-order valence-electron chi connectivity index (χ0n) is 16.8. The van der Waals surface area contributed by atoms with E-state index in [1.165, 1.54) is 4.90 Å². The Bertz CT molecular complexity index is 979. The molecule has 2 heterocycles. The molecule has 1 saturated heterocycles. The van der Waals surface area contributed by atoms with Crippen molar-refractivity contribution in [2.75, 3.05) is 43.9 Å². The van der Waals surface area contributed by atoms with Crippen LogP contribution in [0.3, 0.4) is 0 Å². The Morgan fingerprint density at radius 2 is 1.90 bits per heavy atom. The second-order valence-corrected chi connectivity index (χ2v) is 8.84. The van der Waals surface area contributed by atoms with Gasteiger partial charge < -0.3 is 14.5 Å². The van der Waals surface area contributed by atoms with E-state index in [0.29, 0.717) is 13.0 Å². The molecule has 0 aliphatic carbocycles. The summed E-state index contributed by atoms with van der Waals surface area (Å²) >= 11 is 3.40. The molecule has 2 aromatic carbocycles. The maximum Gasteiger partial charge on any atom is 0.227 e. The first-order valence-electron chi connectivity index (χ1n) is 9.85. The molecular formula is C22H25N3O2S2. The van der Waals surface area contributed by atoms with Gasteiger partial charge in [-0.3, -0.25) is 4.79 Å². The Morgan fingerprint density at radius 1 is 1.14 bits per heavy atom. The number of carbonyl (C=O) groups is 1. The van der Waals surface area contributed by atoms with Crippen LogP contribution >= 0.6 is 23.1 Å². The summed E-state index contributed by atoms with van der Waals surface area (Å²) in [7, 11) is 0. The Kier molecular flexibility index (Phi) is 6.25. The number of thiazole rings is 1. The fourth-order valence-corrected chi connectivity index (χ4v) is 4.92. The number of anilines is 1. The van der Waals surface area contributed by atoms with Gasteiger partial charge in [0.15, 0.2) is 5.13 Å².